The van der Waals surface area contributed by atoms with E-state index in [0.717, 1.165) is 10.4 Å². The van der Waals surface area contributed by atoms with Gasteiger partial charge >= 0.3 is 0 Å². The molecule has 0 bridgehead atoms. The van der Waals surface area contributed by atoms with E-state index in [9.17, 15) is 5.11 Å². The Balaban J connectivity index is 3.37. The lowest BCUT2D eigenvalue weighted by atomic mass is 10.3. The maximum atomic E-state index is 12.3. The molecule has 1 nitrogen and oxygen atoms in total. The Morgan fingerprint density at radius 2 is 1.13 bits per heavy atom. The Labute approximate surface area is 95.2 Å². The van der Waals surface area contributed by atoms with E-state index < -0.39 is 16.1 Å². The third-order valence-electron chi connectivity index (χ3n) is 2.63. The highest BCUT2D eigenvalue weighted by Crippen LogP contribution is 2.15. The fourth-order valence-electron chi connectivity index (χ4n) is 1.72. The third kappa shape index (κ3) is 2.72. The largest absolute Gasteiger partial charge is 0.290 e. The van der Waals surface area contributed by atoms with E-state index in [1.807, 2.05) is 12.1 Å². The minimum absolute atomic E-state index is 0.329. The van der Waals surface area contributed by atoms with Gasteiger partial charge in [-0.15, -0.1) is 0 Å². The van der Waals surface area contributed by atoms with Crippen LogP contribution in [0.15, 0.2) is 18.2 Å². The van der Waals surface area contributed by atoms with Crippen LogP contribution in [0, 0.1) is 0 Å². The molecule has 3 heteroatoms. The summed E-state index contributed by atoms with van der Waals surface area (Å²) in [6.07, 6.45) is 0. The van der Waals surface area contributed by atoms with Crippen molar-refractivity contribution in [2.75, 3.05) is 0 Å². The second kappa shape index (κ2) is 3.79. The van der Waals surface area contributed by atoms with Gasteiger partial charge in [0, 0.05) is 0 Å². The van der Waals surface area contributed by atoms with E-state index in [2.05, 4.69) is 45.3 Å². The number of hydrogen-bond acceptors (Lipinski definition) is 0. The lowest BCUT2D eigenvalue weighted by molar-refractivity contribution is 0.361. The predicted octanol–water partition coefficient (Wildman–Crippen LogP) is 2.92. The van der Waals surface area contributed by atoms with Crippen LogP contribution in [0.4, 0.5) is 0 Å². The maximum absolute atomic E-state index is 12.3. The average molecular weight is 237 g/mol. The third-order valence-corrected chi connectivity index (χ3v) is 6.65. The zero-order valence-electron chi connectivity index (χ0n) is 10.6. The molecule has 0 aliphatic rings. The molecule has 1 rings (SSSR count). The lowest BCUT2D eigenvalue weighted by Crippen LogP contribution is -2.45. The fraction of sp³-hybridized carbons (Fsp3) is 0.500. The Morgan fingerprint density at radius 1 is 0.800 bits per heavy atom. The highest BCUT2D eigenvalue weighted by molar-refractivity contribution is 6.92. The van der Waals surface area contributed by atoms with Crippen molar-refractivity contribution in [1.29, 1.82) is 0 Å². The molecular formula is C12H21OSi2. The molecule has 0 aromatic heterocycles. The minimum atomic E-state index is -1.48. The predicted molar refractivity (Wildman–Crippen MR) is 72.5 cm³/mol. The van der Waals surface area contributed by atoms with Gasteiger partial charge in [-0.25, -0.2) is 0 Å². The Kier molecular flexibility index (Phi) is 3.17. The molecule has 1 aromatic carbocycles. The highest BCUT2D eigenvalue weighted by atomic mass is 28.3. The zero-order chi connectivity index (χ0) is 11.9. The number of hydrogen-bond donors (Lipinski definition) is 0. The molecule has 0 saturated heterocycles. The van der Waals surface area contributed by atoms with E-state index in [1.54, 1.807) is 0 Å². The monoisotopic (exact) mass is 237 g/mol. The molecule has 0 heterocycles. The average Bonchev–Trinajstić information content (AvgIpc) is 1.99. The quantitative estimate of drug-likeness (QED) is 0.705. The van der Waals surface area contributed by atoms with Crippen LogP contribution in [0.25, 0.3) is 0 Å². The van der Waals surface area contributed by atoms with Gasteiger partial charge in [-0.3, -0.25) is 5.11 Å². The van der Waals surface area contributed by atoms with Crippen LogP contribution in [-0.4, -0.2) is 16.1 Å². The first kappa shape index (κ1) is 12.5. The number of para-hydroxylation sites is 1. The Morgan fingerprint density at radius 3 is 1.40 bits per heavy atom. The molecule has 0 amide bonds. The van der Waals surface area contributed by atoms with Crippen molar-refractivity contribution in [2.45, 2.75) is 39.3 Å². The first-order valence-corrected chi connectivity index (χ1v) is 12.4. The summed E-state index contributed by atoms with van der Waals surface area (Å²) in [5.41, 5.74) is 0. The molecule has 0 saturated carbocycles. The summed E-state index contributed by atoms with van der Waals surface area (Å²) in [7, 11) is -2.96. The molecule has 1 aromatic rings. The van der Waals surface area contributed by atoms with Crippen molar-refractivity contribution in [3.05, 3.63) is 18.2 Å². The molecule has 0 atom stereocenters. The van der Waals surface area contributed by atoms with Crippen LogP contribution < -0.4 is 10.4 Å². The molecule has 1 radical (unpaired) electrons. The van der Waals surface area contributed by atoms with E-state index in [1.165, 1.54) is 0 Å². The van der Waals surface area contributed by atoms with Crippen molar-refractivity contribution in [3.8, 4) is 5.75 Å². The van der Waals surface area contributed by atoms with E-state index in [4.69, 9.17) is 0 Å². The van der Waals surface area contributed by atoms with Crippen LogP contribution in [0.3, 0.4) is 0 Å². The summed E-state index contributed by atoms with van der Waals surface area (Å²) in [6, 6.07) is 6.11. The van der Waals surface area contributed by atoms with Gasteiger partial charge in [0.1, 0.15) is 0 Å². The summed E-state index contributed by atoms with van der Waals surface area (Å²) < 4.78 is 0. The normalized spacial score (nSPS) is 12.9. The summed E-state index contributed by atoms with van der Waals surface area (Å²) in [5, 5.41) is 14.5. The summed E-state index contributed by atoms with van der Waals surface area (Å²) >= 11 is 0. The van der Waals surface area contributed by atoms with Gasteiger partial charge < -0.3 is 0 Å². The maximum Gasteiger partial charge on any atom is 0.177 e. The molecule has 83 valence electrons. The van der Waals surface area contributed by atoms with Gasteiger partial charge in [-0.1, -0.05) is 57.5 Å². The van der Waals surface area contributed by atoms with Gasteiger partial charge in [0.2, 0.25) is 0 Å². The van der Waals surface area contributed by atoms with Gasteiger partial charge in [0.15, 0.2) is 5.75 Å². The first-order chi connectivity index (χ1) is 6.64. The van der Waals surface area contributed by atoms with Crippen molar-refractivity contribution in [3.63, 3.8) is 0 Å². The highest BCUT2D eigenvalue weighted by Gasteiger charge is 2.28. The van der Waals surface area contributed by atoms with Gasteiger partial charge in [-0.2, -0.15) is 0 Å². The number of benzene rings is 1. The standard InChI is InChI=1S/C12H21OSi2/c1-14(2,3)10-8-7-9-11(12(10)13)15(4,5)6/h7-9H,1-6H3. The Hall–Kier alpha value is -0.546. The smallest absolute Gasteiger partial charge is 0.177 e. The van der Waals surface area contributed by atoms with Crippen LogP contribution >= 0.6 is 0 Å². The second-order valence-corrected chi connectivity index (χ2v) is 16.3. The van der Waals surface area contributed by atoms with Crippen LogP contribution in [-0.2, 0) is 5.11 Å². The zero-order valence-corrected chi connectivity index (χ0v) is 12.6. The topological polar surface area (TPSA) is 19.9 Å². The summed E-state index contributed by atoms with van der Waals surface area (Å²) in [5.74, 6) is 0.329. The molecule has 15 heavy (non-hydrogen) atoms. The van der Waals surface area contributed by atoms with E-state index in [-0.39, 0.29) is 0 Å². The van der Waals surface area contributed by atoms with Crippen LogP contribution in [0.2, 0.25) is 39.3 Å². The van der Waals surface area contributed by atoms with E-state index in [0.29, 0.717) is 5.75 Å². The van der Waals surface area contributed by atoms with Crippen molar-refractivity contribution >= 4 is 26.5 Å². The summed E-state index contributed by atoms with van der Waals surface area (Å²) in [4.78, 5) is 0. The number of rotatable bonds is 2. The van der Waals surface area contributed by atoms with Crippen molar-refractivity contribution in [2.24, 2.45) is 0 Å². The van der Waals surface area contributed by atoms with Gasteiger partial charge in [0.25, 0.3) is 0 Å². The SMILES string of the molecule is C[Si](C)(C)c1cccc([Si](C)(C)C)c1[O]. The molecule has 0 spiro atoms. The van der Waals surface area contributed by atoms with Crippen LogP contribution in [0.1, 0.15) is 0 Å². The minimum Gasteiger partial charge on any atom is -0.290 e. The van der Waals surface area contributed by atoms with Crippen molar-refractivity contribution < 1.29 is 5.11 Å². The van der Waals surface area contributed by atoms with Crippen LogP contribution in [0.5, 0.6) is 5.75 Å². The molecule has 0 unspecified atom stereocenters. The molecule has 0 fully saturated rings. The second-order valence-electron chi connectivity index (χ2n) is 6.18. The molecule has 0 aliphatic carbocycles. The lowest BCUT2D eigenvalue weighted by Gasteiger charge is -2.23. The van der Waals surface area contributed by atoms with E-state index >= 15 is 0 Å². The Bertz CT molecular complexity index is 327. The van der Waals surface area contributed by atoms with Crippen molar-refractivity contribution in [1.82, 2.24) is 0 Å². The fourth-order valence-corrected chi connectivity index (χ4v) is 4.67. The molecule has 0 N–H and O–H groups in total. The summed E-state index contributed by atoms with van der Waals surface area (Å²) in [6.45, 7) is 13.4. The first-order valence-electron chi connectivity index (χ1n) is 5.45. The molecular weight excluding hydrogens is 216 g/mol. The van der Waals surface area contributed by atoms with Gasteiger partial charge in [-0.05, 0) is 10.4 Å². The van der Waals surface area contributed by atoms with Gasteiger partial charge in [0.05, 0.1) is 16.1 Å². The molecule has 0 aliphatic heterocycles.